The maximum absolute atomic E-state index is 13.3. The van der Waals surface area contributed by atoms with Crippen LogP contribution < -0.4 is 26.0 Å². The minimum Gasteiger partial charge on any atom is -0.489 e. The summed E-state index contributed by atoms with van der Waals surface area (Å²) in [6, 6.07) is 14.5. The number of carbonyl (C=O) groups is 5. The molecule has 71 heavy (non-hydrogen) atoms. The molecular weight excluding hydrogens is 956 g/mol. The molecule has 380 valence electrons. The Morgan fingerprint density at radius 2 is 1.54 bits per heavy atom. The monoisotopic (exact) mass is 1020 g/mol. The van der Waals surface area contributed by atoms with E-state index in [0.717, 1.165) is 28.9 Å². The Morgan fingerprint density at radius 1 is 0.845 bits per heavy atom. The summed E-state index contributed by atoms with van der Waals surface area (Å²) < 4.78 is 49.4. The Balaban J connectivity index is 0.800. The number of rotatable bonds is 23. The number of fused-ring (bicyclic) bond motifs is 1. The van der Waals surface area contributed by atoms with Crippen molar-refractivity contribution in [1.29, 1.82) is 0 Å². The van der Waals surface area contributed by atoms with Crippen LogP contribution in [-0.2, 0) is 38.4 Å². The molecule has 21 heteroatoms. The van der Waals surface area contributed by atoms with Gasteiger partial charge in [0.15, 0.2) is 15.7 Å². The van der Waals surface area contributed by atoms with Gasteiger partial charge in [-0.15, -0.1) is 0 Å². The number of nitrogens with one attached hydrogen (secondary N) is 4. The van der Waals surface area contributed by atoms with Gasteiger partial charge in [-0.3, -0.25) is 34.2 Å². The average molecular weight is 1020 g/mol. The van der Waals surface area contributed by atoms with Crippen molar-refractivity contribution in [3.63, 3.8) is 0 Å². The van der Waals surface area contributed by atoms with Crippen LogP contribution >= 0.6 is 11.6 Å². The van der Waals surface area contributed by atoms with E-state index in [9.17, 15) is 32.4 Å². The number of nitrogens with zero attached hydrogens (tertiary/aromatic N) is 4. The zero-order valence-electron chi connectivity index (χ0n) is 40.5. The number of aromatic nitrogens is 2. The summed E-state index contributed by atoms with van der Waals surface area (Å²) in [5, 5.41) is 11.3. The van der Waals surface area contributed by atoms with E-state index in [1.54, 1.807) is 56.3 Å². The van der Waals surface area contributed by atoms with Crippen molar-refractivity contribution >= 4 is 79.8 Å². The van der Waals surface area contributed by atoms with E-state index in [-0.39, 0.29) is 76.6 Å². The van der Waals surface area contributed by atoms with Crippen LogP contribution in [0.5, 0.6) is 5.75 Å². The molecule has 0 aliphatic carbocycles. The van der Waals surface area contributed by atoms with Crippen molar-refractivity contribution in [2.24, 2.45) is 0 Å². The zero-order chi connectivity index (χ0) is 50.8. The van der Waals surface area contributed by atoms with Crippen molar-refractivity contribution in [2.75, 3.05) is 75.2 Å². The van der Waals surface area contributed by atoms with Gasteiger partial charge in [0.1, 0.15) is 16.8 Å². The topological polar surface area (TPSA) is 237 Å². The van der Waals surface area contributed by atoms with E-state index in [0.29, 0.717) is 75.5 Å². The van der Waals surface area contributed by atoms with Crippen LogP contribution in [0.15, 0.2) is 65.7 Å². The Morgan fingerprint density at radius 3 is 2.24 bits per heavy atom. The molecule has 4 N–H and O–H groups in total. The number of aryl methyl sites for hydroxylation is 1. The first kappa shape index (κ1) is 52.6. The summed E-state index contributed by atoms with van der Waals surface area (Å²) in [7, 11) is -3.60. The SMILES string of the molecule is Cc1cc(Nc2ncc(Cl)c(Nc3ccccc3S(=O)(=O)C(C)C)n2)c(OC(C)C)cc1C1CCN(C(=O)CCOCCOCCOCCNc2cccc3c2C(=O)N(C2CCC(=O)NC2=O)C3=O)CC1. The van der Waals surface area contributed by atoms with Gasteiger partial charge in [-0.1, -0.05) is 29.8 Å². The highest BCUT2D eigenvalue weighted by Gasteiger charge is 2.45. The van der Waals surface area contributed by atoms with Crippen molar-refractivity contribution in [3.05, 3.63) is 88.1 Å². The first-order valence-corrected chi connectivity index (χ1v) is 25.8. The Hall–Kier alpha value is -6.19. The third-order valence-corrected chi connectivity index (χ3v) is 14.8. The van der Waals surface area contributed by atoms with Gasteiger partial charge in [-0.2, -0.15) is 4.98 Å². The van der Waals surface area contributed by atoms with Crippen LogP contribution in [0.2, 0.25) is 5.02 Å². The van der Waals surface area contributed by atoms with Crippen LogP contribution in [0.25, 0.3) is 0 Å². The van der Waals surface area contributed by atoms with Gasteiger partial charge in [-0.05, 0) is 107 Å². The third-order valence-electron chi connectivity index (χ3n) is 12.3. The second-order valence-corrected chi connectivity index (χ2v) is 20.8. The summed E-state index contributed by atoms with van der Waals surface area (Å²) in [5.41, 5.74) is 4.03. The number of hydrogen-bond acceptors (Lipinski definition) is 16. The molecule has 1 unspecified atom stereocenters. The number of benzene rings is 3. The number of halogens is 1. The maximum atomic E-state index is 13.3. The lowest BCUT2D eigenvalue weighted by atomic mass is 9.86. The summed E-state index contributed by atoms with van der Waals surface area (Å²) in [4.78, 5) is 75.4. The van der Waals surface area contributed by atoms with E-state index < -0.39 is 44.8 Å². The summed E-state index contributed by atoms with van der Waals surface area (Å²) in [6.07, 6.45) is 3.29. The van der Waals surface area contributed by atoms with Gasteiger partial charge in [0.05, 0.1) is 91.0 Å². The lowest BCUT2D eigenvalue weighted by molar-refractivity contribution is -0.136. The third kappa shape index (κ3) is 12.8. The quantitative estimate of drug-likeness (QED) is 0.0455. The van der Waals surface area contributed by atoms with E-state index in [4.69, 9.17) is 30.5 Å². The highest BCUT2D eigenvalue weighted by Crippen LogP contribution is 2.39. The number of amides is 5. The number of anilines is 5. The van der Waals surface area contributed by atoms with Crippen molar-refractivity contribution in [2.45, 2.75) is 94.9 Å². The highest BCUT2D eigenvalue weighted by atomic mass is 35.5. The molecule has 0 bridgehead atoms. The van der Waals surface area contributed by atoms with Gasteiger partial charge >= 0.3 is 0 Å². The minimum absolute atomic E-state index is 0.0383. The Labute approximate surface area is 418 Å². The Bertz CT molecular complexity index is 2730. The molecule has 0 radical (unpaired) electrons. The standard InChI is InChI=1S/C50H61ClN8O11S/c1-30(2)70-41-28-35(32(5)27-39(41)55-50-53-29-36(51)46(57-50)54-37-10-6-7-12-42(37)71(65,66)31(3)4)33-15-19-58(20-16-33)44(61)17-21-67-23-25-69-26-24-68-22-18-52-38-11-8-9-34-45(38)49(64)59(48(34)63)40-13-14-43(60)56-47(40)62/h6-12,27-31,33,40,52H,13-26H2,1-5H3,(H,56,60,62)(H2,53,54,55,57). The molecule has 19 nitrogen and oxygen atoms in total. The normalized spacial score (nSPS) is 16.4. The smallest absolute Gasteiger partial charge is 0.264 e. The predicted molar refractivity (Wildman–Crippen MR) is 267 cm³/mol. The molecule has 3 aromatic carbocycles. The molecule has 4 aromatic rings. The van der Waals surface area contributed by atoms with Crippen LogP contribution in [0.3, 0.4) is 0 Å². The first-order chi connectivity index (χ1) is 34.0. The molecule has 3 aliphatic heterocycles. The molecule has 0 spiro atoms. The largest absolute Gasteiger partial charge is 0.489 e. The van der Waals surface area contributed by atoms with Gasteiger partial charge in [0.25, 0.3) is 11.8 Å². The van der Waals surface area contributed by atoms with Gasteiger partial charge in [0.2, 0.25) is 23.7 Å². The van der Waals surface area contributed by atoms with Crippen LogP contribution in [0.4, 0.5) is 28.8 Å². The number of sulfone groups is 1. The number of imide groups is 2. The van der Waals surface area contributed by atoms with Crippen molar-refractivity contribution in [1.82, 2.24) is 25.1 Å². The second-order valence-electron chi connectivity index (χ2n) is 17.9. The van der Waals surface area contributed by atoms with E-state index in [1.807, 2.05) is 31.7 Å². The summed E-state index contributed by atoms with van der Waals surface area (Å²) in [5.74, 6) is -0.895. The second kappa shape index (κ2) is 23.8. The maximum Gasteiger partial charge on any atom is 0.264 e. The lowest BCUT2D eigenvalue weighted by Crippen LogP contribution is -2.54. The molecule has 2 saturated heterocycles. The fraction of sp³-hybridized carbons (Fsp3) is 0.460. The molecule has 1 aromatic heterocycles. The highest BCUT2D eigenvalue weighted by molar-refractivity contribution is 7.92. The summed E-state index contributed by atoms with van der Waals surface area (Å²) >= 11 is 6.50. The molecule has 3 aliphatic rings. The first-order valence-electron chi connectivity index (χ1n) is 23.8. The number of piperidine rings is 2. The number of para-hydroxylation sites is 1. The number of ether oxygens (including phenoxy) is 4. The average Bonchev–Trinajstić information content (AvgIpc) is 3.59. The van der Waals surface area contributed by atoms with Crippen LogP contribution in [0, 0.1) is 6.92 Å². The number of hydrogen-bond donors (Lipinski definition) is 4. The zero-order valence-corrected chi connectivity index (χ0v) is 42.1. The van der Waals surface area contributed by atoms with Gasteiger partial charge in [-0.25, -0.2) is 13.4 Å². The summed E-state index contributed by atoms with van der Waals surface area (Å²) in [6.45, 7) is 12.7. The number of likely N-dealkylation sites (tertiary alicyclic amines) is 1. The molecule has 4 heterocycles. The molecule has 1 atom stereocenters. The molecule has 0 saturated carbocycles. The van der Waals surface area contributed by atoms with E-state index in [2.05, 4.69) is 37.3 Å². The fourth-order valence-electron chi connectivity index (χ4n) is 8.65. The Kier molecular flexibility index (Phi) is 17.7. The van der Waals surface area contributed by atoms with Gasteiger partial charge in [0, 0.05) is 31.7 Å². The molecule has 5 amide bonds. The predicted octanol–water partition coefficient (Wildman–Crippen LogP) is 6.55. The van der Waals surface area contributed by atoms with E-state index in [1.165, 1.54) is 6.20 Å². The minimum atomic E-state index is -3.60. The molecule has 2 fully saturated rings. The lowest BCUT2D eigenvalue weighted by Gasteiger charge is -2.33. The molecule has 7 rings (SSSR count). The van der Waals surface area contributed by atoms with Gasteiger partial charge < -0.3 is 39.8 Å². The van der Waals surface area contributed by atoms with Crippen LogP contribution in [0.1, 0.15) is 97.6 Å². The number of carbonyl (C=O) groups excluding carboxylic acids is 5. The van der Waals surface area contributed by atoms with Crippen LogP contribution in [-0.4, -0.2) is 134 Å². The van der Waals surface area contributed by atoms with Crippen molar-refractivity contribution in [3.8, 4) is 5.75 Å². The fourth-order valence-corrected chi connectivity index (χ4v) is 9.99. The van der Waals surface area contributed by atoms with Crippen molar-refractivity contribution < 1.29 is 51.3 Å². The van der Waals surface area contributed by atoms with E-state index >= 15 is 0 Å². The molecular formula is C50H61ClN8O11S.